The largest absolute Gasteiger partial charge is 0.497 e. The first-order valence-corrected chi connectivity index (χ1v) is 7.72. The van der Waals surface area contributed by atoms with E-state index in [1.54, 1.807) is 25.3 Å². The molecule has 2 aromatic carbocycles. The van der Waals surface area contributed by atoms with Crippen molar-refractivity contribution in [3.05, 3.63) is 58.5 Å². The molecule has 0 saturated carbocycles. The van der Waals surface area contributed by atoms with Crippen LogP contribution in [0.15, 0.2) is 47.3 Å². The van der Waals surface area contributed by atoms with Crippen LogP contribution in [0.5, 0.6) is 5.75 Å². The molecule has 2 N–H and O–H groups in total. The van der Waals surface area contributed by atoms with Crippen LogP contribution in [0.2, 0.25) is 0 Å². The first-order valence-electron chi connectivity index (χ1n) is 7.72. The first kappa shape index (κ1) is 15.1. The summed E-state index contributed by atoms with van der Waals surface area (Å²) in [6, 6.07) is 12.8. The number of ether oxygens (including phenoxy) is 1. The second-order valence-electron chi connectivity index (χ2n) is 5.57. The smallest absolute Gasteiger partial charge is 0.260 e. The summed E-state index contributed by atoms with van der Waals surface area (Å²) in [6.07, 6.45) is 0. The van der Waals surface area contributed by atoms with E-state index in [1.165, 1.54) is 0 Å². The molecule has 7 nitrogen and oxygen atoms in total. The van der Waals surface area contributed by atoms with E-state index in [1.807, 2.05) is 31.2 Å². The van der Waals surface area contributed by atoms with Gasteiger partial charge in [-0.1, -0.05) is 12.1 Å². The number of methoxy groups -OCH3 is 1. The number of anilines is 2. The molecule has 25 heavy (non-hydrogen) atoms. The molecular formula is C18H15N5O2. The van der Waals surface area contributed by atoms with Crippen LogP contribution in [0, 0.1) is 6.92 Å². The Morgan fingerprint density at radius 2 is 1.80 bits per heavy atom. The van der Waals surface area contributed by atoms with Gasteiger partial charge in [-0.3, -0.25) is 15.1 Å². The molecule has 0 aliphatic heterocycles. The Morgan fingerprint density at radius 1 is 1.00 bits per heavy atom. The SMILES string of the molecule is COc1ccc2nc(Nc3nc4ccccc4c(=O)[nH]3)nc(C)c2c1. The van der Waals surface area contributed by atoms with Gasteiger partial charge in [-0.05, 0) is 37.3 Å². The van der Waals surface area contributed by atoms with Crippen LogP contribution >= 0.6 is 0 Å². The summed E-state index contributed by atoms with van der Waals surface area (Å²) < 4.78 is 5.24. The zero-order valence-electron chi connectivity index (χ0n) is 13.7. The van der Waals surface area contributed by atoms with E-state index in [9.17, 15) is 4.79 Å². The standard InChI is InChI=1S/C18H15N5O2/c1-10-13-9-11(25-2)7-8-15(13)21-17(19-10)23-18-20-14-6-4-3-5-12(14)16(24)22-18/h3-9H,1-2H3,(H2,19,20,21,22,23,24). The Morgan fingerprint density at radius 3 is 2.64 bits per heavy atom. The van der Waals surface area contributed by atoms with E-state index in [0.29, 0.717) is 22.8 Å². The number of rotatable bonds is 3. The van der Waals surface area contributed by atoms with Crippen LogP contribution in [0.25, 0.3) is 21.8 Å². The average molecular weight is 333 g/mol. The molecule has 4 rings (SSSR count). The Kier molecular flexibility index (Phi) is 3.53. The lowest BCUT2D eigenvalue weighted by molar-refractivity contribution is 0.415. The molecule has 0 bridgehead atoms. The fraction of sp³-hybridized carbons (Fsp3) is 0.111. The van der Waals surface area contributed by atoms with Gasteiger partial charge in [0.05, 0.1) is 29.2 Å². The van der Waals surface area contributed by atoms with Crippen LogP contribution < -0.4 is 15.6 Å². The predicted molar refractivity (Wildman–Crippen MR) is 96.5 cm³/mol. The number of aromatic nitrogens is 4. The van der Waals surface area contributed by atoms with Gasteiger partial charge in [0.2, 0.25) is 11.9 Å². The third-order valence-electron chi connectivity index (χ3n) is 3.94. The van der Waals surface area contributed by atoms with Crippen molar-refractivity contribution in [2.45, 2.75) is 6.92 Å². The number of aromatic amines is 1. The third-order valence-corrected chi connectivity index (χ3v) is 3.94. The van der Waals surface area contributed by atoms with Crippen molar-refractivity contribution in [3.63, 3.8) is 0 Å². The number of nitrogens with zero attached hydrogens (tertiary/aromatic N) is 3. The predicted octanol–water partition coefficient (Wildman–Crippen LogP) is 2.93. The Hall–Kier alpha value is -3.48. The van der Waals surface area contributed by atoms with Crippen LogP contribution in [0.3, 0.4) is 0 Å². The highest BCUT2D eigenvalue weighted by Gasteiger charge is 2.08. The Labute approximate surface area is 142 Å². The molecule has 0 aliphatic carbocycles. The molecule has 2 aromatic heterocycles. The lowest BCUT2D eigenvalue weighted by atomic mass is 10.2. The maximum atomic E-state index is 12.1. The van der Waals surface area contributed by atoms with Crippen molar-refractivity contribution >= 4 is 33.7 Å². The molecule has 0 fully saturated rings. The van der Waals surface area contributed by atoms with Gasteiger partial charge < -0.3 is 4.74 Å². The average Bonchev–Trinajstić information content (AvgIpc) is 2.61. The minimum Gasteiger partial charge on any atom is -0.497 e. The van der Waals surface area contributed by atoms with Gasteiger partial charge in [0.25, 0.3) is 5.56 Å². The van der Waals surface area contributed by atoms with E-state index >= 15 is 0 Å². The van der Waals surface area contributed by atoms with E-state index in [0.717, 1.165) is 22.3 Å². The summed E-state index contributed by atoms with van der Waals surface area (Å²) in [4.78, 5) is 28.2. The van der Waals surface area contributed by atoms with Crippen LogP contribution in [-0.2, 0) is 0 Å². The number of hydrogen-bond donors (Lipinski definition) is 2. The van der Waals surface area contributed by atoms with Crippen molar-refractivity contribution < 1.29 is 4.74 Å². The fourth-order valence-corrected chi connectivity index (χ4v) is 2.70. The van der Waals surface area contributed by atoms with Gasteiger partial charge in [0.1, 0.15) is 5.75 Å². The van der Waals surface area contributed by atoms with E-state index in [4.69, 9.17) is 4.74 Å². The molecule has 0 amide bonds. The highest BCUT2D eigenvalue weighted by molar-refractivity contribution is 5.84. The molecule has 0 aliphatic rings. The van der Waals surface area contributed by atoms with Crippen molar-refractivity contribution in [1.82, 2.24) is 19.9 Å². The van der Waals surface area contributed by atoms with Crippen molar-refractivity contribution in [3.8, 4) is 5.75 Å². The first-order chi connectivity index (χ1) is 12.1. The molecule has 0 spiro atoms. The highest BCUT2D eigenvalue weighted by Crippen LogP contribution is 2.23. The van der Waals surface area contributed by atoms with Crippen molar-refractivity contribution in [2.75, 3.05) is 12.4 Å². The maximum Gasteiger partial charge on any atom is 0.260 e. The number of fused-ring (bicyclic) bond motifs is 2. The molecular weight excluding hydrogens is 318 g/mol. The third kappa shape index (κ3) is 2.76. The minimum absolute atomic E-state index is 0.213. The van der Waals surface area contributed by atoms with Crippen molar-refractivity contribution in [1.29, 1.82) is 0 Å². The number of nitrogens with one attached hydrogen (secondary N) is 2. The normalized spacial score (nSPS) is 11.0. The quantitative estimate of drug-likeness (QED) is 0.599. The maximum absolute atomic E-state index is 12.1. The summed E-state index contributed by atoms with van der Waals surface area (Å²) in [5.41, 5.74) is 1.97. The number of hydrogen-bond acceptors (Lipinski definition) is 6. The molecule has 0 radical (unpaired) electrons. The van der Waals surface area contributed by atoms with Crippen LogP contribution in [-0.4, -0.2) is 27.0 Å². The molecule has 2 heterocycles. The second-order valence-corrected chi connectivity index (χ2v) is 5.57. The Bertz CT molecular complexity index is 1150. The minimum atomic E-state index is -0.213. The molecule has 0 atom stereocenters. The highest BCUT2D eigenvalue weighted by atomic mass is 16.5. The second kappa shape index (κ2) is 5.86. The van der Waals surface area contributed by atoms with Gasteiger partial charge in [-0.15, -0.1) is 0 Å². The number of aryl methyl sites for hydroxylation is 1. The van der Waals surface area contributed by atoms with Gasteiger partial charge in [-0.2, -0.15) is 0 Å². The fourth-order valence-electron chi connectivity index (χ4n) is 2.70. The topological polar surface area (TPSA) is 92.8 Å². The van der Waals surface area contributed by atoms with Gasteiger partial charge in [-0.25, -0.2) is 15.0 Å². The van der Waals surface area contributed by atoms with Gasteiger partial charge in [0.15, 0.2) is 0 Å². The number of H-pyrrole nitrogens is 1. The molecule has 0 unspecified atom stereocenters. The summed E-state index contributed by atoms with van der Waals surface area (Å²) in [7, 11) is 1.62. The zero-order chi connectivity index (χ0) is 17.4. The van der Waals surface area contributed by atoms with E-state index in [-0.39, 0.29) is 5.56 Å². The van der Waals surface area contributed by atoms with Gasteiger partial charge in [0, 0.05) is 5.39 Å². The zero-order valence-corrected chi connectivity index (χ0v) is 13.7. The summed E-state index contributed by atoms with van der Waals surface area (Å²) in [6.45, 7) is 1.89. The summed E-state index contributed by atoms with van der Waals surface area (Å²) in [5, 5.41) is 4.42. The van der Waals surface area contributed by atoms with Crippen LogP contribution in [0.4, 0.5) is 11.9 Å². The molecule has 4 aromatic rings. The van der Waals surface area contributed by atoms with E-state index < -0.39 is 0 Å². The van der Waals surface area contributed by atoms with Crippen molar-refractivity contribution in [2.24, 2.45) is 0 Å². The Balaban J connectivity index is 1.77. The summed E-state index contributed by atoms with van der Waals surface area (Å²) in [5.74, 6) is 1.42. The summed E-state index contributed by atoms with van der Waals surface area (Å²) >= 11 is 0. The number of benzene rings is 2. The van der Waals surface area contributed by atoms with E-state index in [2.05, 4.69) is 25.3 Å². The monoisotopic (exact) mass is 333 g/mol. The number of para-hydroxylation sites is 1. The molecule has 124 valence electrons. The molecule has 0 saturated heterocycles. The lowest BCUT2D eigenvalue weighted by Crippen LogP contribution is -2.12. The van der Waals surface area contributed by atoms with Crippen LogP contribution in [0.1, 0.15) is 5.69 Å². The van der Waals surface area contributed by atoms with Gasteiger partial charge >= 0.3 is 0 Å². The lowest BCUT2D eigenvalue weighted by Gasteiger charge is -2.09. The molecule has 7 heteroatoms.